The second-order valence-electron chi connectivity index (χ2n) is 7.52. The minimum atomic E-state index is -0.731. The third kappa shape index (κ3) is 3.75. The molecule has 0 aliphatic heterocycles. The summed E-state index contributed by atoms with van der Waals surface area (Å²) in [5.74, 6) is -0.236. The van der Waals surface area contributed by atoms with E-state index in [0.717, 1.165) is 36.6 Å². The van der Waals surface area contributed by atoms with Crippen molar-refractivity contribution in [3.8, 4) is 6.07 Å². The number of aryl methyl sites for hydroxylation is 1. The molecule has 10 nitrogen and oxygen atoms in total. The number of nitrogens with one attached hydrogen (secondary N) is 2. The number of carbonyl (C=O) groups is 1. The summed E-state index contributed by atoms with van der Waals surface area (Å²) in [6.45, 7) is 0. The van der Waals surface area contributed by atoms with E-state index in [-0.39, 0.29) is 29.5 Å². The van der Waals surface area contributed by atoms with Crippen LogP contribution >= 0.6 is 0 Å². The smallest absolute Gasteiger partial charge is 0.273 e. The van der Waals surface area contributed by atoms with Gasteiger partial charge in [0.2, 0.25) is 5.95 Å². The first-order chi connectivity index (χ1) is 14.5. The lowest BCUT2D eigenvalue weighted by atomic mass is 9.91. The van der Waals surface area contributed by atoms with Crippen molar-refractivity contribution in [3.63, 3.8) is 0 Å². The molecule has 3 aromatic rings. The zero-order valence-corrected chi connectivity index (χ0v) is 16.6. The zero-order chi connectivity index (χ0) is 21.3. The largest absolute Gasteiger partial charge is 0.364 e. The summed E-state index contributed by atoms with van der Waals surface area (Å²) in [4.78, 5) is 16.3. The predicted octanol–water partition coefficient (Wildman–Crippen LogP) is 1.76. The van der Waals surface area contributed by atoms with Crippen molar-refractivity contribution < 1.29 is 4.79 Å². The molecule has 4 rings (SSSR count). The molecule has 1 aliphatic carbocycles. The third-order valence-corrected chi connectivity index (χ3v) is 5.43. The molecule has 0 radical (unpaired) electrons. The molecule has 1 fully saturated rings. The summed E-state index contributed by atoms with van der Waals surface area (Å²) in [5, 5.41) is 24.4. The zero-order valence-electron chi connectivity index (χ0n) is 16.6. The average molecular weight is 405 g/mol. The molecule has 154 valence electrons. The van der Waals surface area contributed by atoms with Crippen LogP contribution in [0.4, 0.5) is 17.5 Å². The van der Waals surface area contributed by atoms with Gasteiger partial charge < -0.3 is 26.7 Å². The number of anilines is 3. The molecule has 30 heavy (non-hydrogen) atoms. The van der Waals surface area contributed by atoms with Gasteiger partial charge in [0.05, 0.1) is 11.1 Å². The second-order valence-corrected chi connectivity index (χ2v) is 7.52. The van der Waals surface area contributed by atoms with Crippen molar-refractivity contribution in [1.29, 1.82) is 5.26 Å². The number of primary amides is 1. The van der Waals surface area contributed by atoms with Crippen molar-refractivity contribution in [2.45, 2.75) is 37.8 Å². The van der Waals surface area contributed by atoms with E-state index in [9.17, 15) is 10.1 Å². The highest BCUT2D eigenvalue weighted by molar-refractivity contribution is 5.96. The monoisotopic (exact) mass is 405 g/mol. The van der Waals surface area contributed by atoms with Crippen LogP contribution in [0.2, 0.25) is 0 Å². The fraction of sp³-hybridized carbons (Fsp3) is 0.350. The molecule has 0 spiro atoms. The van der Waals surface area contributed by atoms with E-state index in [2.05, 4.69) is 31.9 Å². The van der Waals surface area contributed by atoms with Crippen LogP contribution in [0.25, 0.3) is 10.9 Å². The highest BCUT2D eigenvalue weighted by atomic mass is 16.1. The van der Waals surface area contributed by atoms with E-state index in [1.54, 1.807) is 12.3 Å². The molecule has 2 aromatic heterocycles. The number of fused-ring (bicyclic) bond motifs is 1. The first-order valence-electron chi connectivity index (χ1n) is 9.79. The molecule has 1 aromatic carbocycles. The molecule has 1 saturated carbocycles. The van der Waals surface area contributed by atoms with Gasteiger partial charge in [-0.1, -0.05) is 12.8 Å². The van der Waals surface area contributed by atoms with Gasteiger partial charge >= 0.3 is 0 Å². The fourth-order valence-corrected chi connectivity index (χ4v) is 3.83. The Kier molecular flexibility index (Phi) is 5.20. The lowest BCUT2D eigenvalue weighted by Gasteiger charge is -2.29. The highest BCUT2D eigenvalue weighted by Crippen LogP contribution is 2.26. The molecule has 1 amide bonds. The Morgan fingerprint density at radius 1 is 1.30 bits per heavy atom. The van der Waals surface area contributed by atoms with Gasteiger partial charge in [0.25, 0.3) is 5.91 Å². The van der Waals surface area contributed by atoms with Crippen LogP contribution in [0.15, 0.2) is 24.4 Å². The number of amides is 1. The molecular formula is C20H23N9O. The third-order valence-electron chi connectivity index (χ3n) is 5.43. The molecule has 0 unspecified atom stereocenters. The van der Waals surface area contributed by atoms with E-state index < -0.39 is 5.91 Å². The van der Waals surface area contributed by atoms with Crippen LogP contribution in [0, 0.1) is 11.3 Å². The van der Waals surface area contributed by atoms with Gasteiger partial charge in [0, 0.05) is 36.4 Å². The maximum atomic E-state index is 11.8. The SMILES string of the molecule is Cn1cc(C#N)c2ccc(Nc3nc(N[C@@H]4CCCC[C@@H]4N)nnc3C(N)=O)cc21. The van der Waals surface area contributed by atoms with Crippen LogP contribution in [0.1, 0.15) is 41.7 Å². The Labute approximate surface area is 173 Å². The number of benzene rings is 1. The molecule has 2 heterocycles. The van der Waals surface area contributed by atoms with Gasteiger partial charge in [0.1, 0.15) is 6.07 Å². The van der Waals surface area contributed by atoms with E-state index in [4.69, 9.17) is 11.5 Å². The Morgan fingerprint density at radius 3 is 2.83 bits per heavy atom. The standard InChI is InChI=1S/C20H23N9O/c1-29-10-11(9-21)13-7-6-12(8-16(13)29)24-19-17(18(23)30)27-28-20(26-19)25-15-5-3-2-4-14(15)22/h6-8,10,14-15H,2-5,22H2,1H3,(H2,23,30)(H2,24,25,26,28)/t14-,15+/m0/s1. The van der Waals surface area contributed by atoms with Gasteiger partial charge in [-0.15, -0.1) is 10.2 Å². The number of hydrogen-bond donors (Lipinski definition) is 4. The normalized spacial score (nSPS) is 18.7. The van der Waals surface area contributed by atoms with Crippen LogP contribution < -0.4 is 22.1 Å². The van der Waals surface area contributed by atoms with Gasteiger partial charge in [-0.05, 0) is 31.0 Å². The predicted molar refractivity (Wildman–Crippen MR) is 113 cm³/mol. The molecular weight excluding hydrogens is 382 g/mol. The number of aromatic nitrogens is 4. The first-order valence-corrected chi connectivity index (χ1v) is 9.79. The van der Waals surface area contributed by atoms with Crippen molar-refractivity contribution in [2.75, 3.05) is 10.6 Å². The van der Waals surface area contributed by atoms with Crippen LogP contribution in [-0.2, 0) is 7.05 Å². The van der Waals surface area contributed by atoms with Crippen molar-refractivity contribution in [3.05, 3.63) is 35.7 Å². The Bertz CT molecular complexity index is 1150. The molecule has 0 bridgehead atoms. The number of nitrogens with two attached hydrogens (primary N) is 2. The number of hydrogen-bond acceptors (Lipinski definition) is 8. The summed E-state index contributed by atoms with van der Waals surface area (Å²) in [7, 11) is 1.86. The maximum Gasteiger partial charge on any atom is 0.273 e. The Balaban J connectivity index is 1.65. The summed E-state index contributed by atoms with van der Waals surface area (Å²) in [6, 6.07) is 7.77. The minimum absolute atomic E-state index is 0.0173. The van der Waals surface area contributed by atoms with Crippen molar-refractivity contribution >= 4 is 34.3 Å². The van der Waals surface area contributed by atoms with E-state index in [1.165, 1.54) is 0 Å². The lowest BCUT2D eigenvalue weighted by molar-refractivity contribution is 0.0995. The van der Waals surface area contributed by atoms with Gasteiger partial charge in [-0.3, -0.25) is 4.79 Å². The number of rotatable bonds is 5. The van der Waals surface area contributed by atoms with Crippen LogP contribution in [-0.4, -0.2) is 37.7 Å². The summed E-state index contributed by atoms with van der Waals surface area (Å²) in [6.07, 6.45) is 5.84. The lowest BCUT2D eigenvalue weighted by Crippen LogP contribution is -2.43. The maximum absolute atomic E-state index is 11.8. The van der Waals surface area contributed by atoms with E-state index >= 15 is 0 Å². The van der Waals surface area contributed by atoms with Gasteiger partial charge in [-0.25, -0.2) is 0 Å². The quantitative estimate of drug-likeness (QED) is 0.499. The Hall–Kier alpha value is -3.71. The van der Waals surface area contributed by atoms with E-state index in [1.807, 2.05) is 23.7 Å². The Morgan fingerprint density at radius 2 is 2.10 bits per heavy atom. The van der Waals surface area contributed by atoms with Crippen molar-refractivity contribution in [2.24, 2.45) is 18.5 Å². The highest BCUT2D eigenvalue weighted by Gasteiger charge is 2.23. The molecule has 10 heteroatoms. The number of carbonyl (C=O) groups excluding carboxylic acids is 1. The second kappa shape index (κ2) is 7.96. The average Bonchev–Trinajstić information content (AvgIpc) is 3.05. The van der Waals surface area contributed by atoms with E-state index in [0.29, 0.717) is 11.3 Å². The van der Waals surface area contributed by atoms with Crippen molar-refractivity contribution in [1.82, 2.24) is 19.7 Å². The summed E-state index contributed by atoms with van der Waals surface area (Å²) < 4.78 is 1.86. The summed E-state index contributed by atoms with van der Waals surface area (Å²) >= 11 is 0. The molecule has 0 saturated heterocycles. The van der Waals surface area contributed by atoms with Crippen LogP contribution in [0.3, 0.4) is 0 Å². The van der Waals surface area contributed by atoms with Gasteiger partial charge in [0.15, 0.2) is 11.5 Å². The van der Waals surface area contributed by atoms with Gasteiger partial charge in [-0.2, -0.15) is 10.2 Å². The van der Waals surface area contributed by atoms with Crippen LogP contribution in [0.5, 0.6) is 0 Å². The summed E-state index contributed by atoms with van der Waals surface area (Å²) in [5.41, 5.74) is 13.7. The number of nitriles is 1. The topological polar surface area (TPSA) is 161 Å². The molecule has 1 aliphatic rings. The minimum Gasteiger partial charge on any atom is -0.364 e. The molecule has 6 N–H and O–H groups in total. The molecule has 2 atom stereocenters. The first kappa shape index (κ1) is 19.6. The number of nitrogens with zero attached hydrogens (tertiary/aromatic N) is 5. The fourth-order valence-electron chi connectivity index (χ4n) is 3.83.